The van der Waals surface area contributed by atoms with E-state index in [9.17, 15) is 15.0 Å². The molecule has 3 heterocycles. The van der Waals surface area contributed by atoms with Crippen molar-refractivity contribution in [2.24, 2.45) is 4.99 Å². The first-order valence-corrected chi connectivity index (χ1v) is 8.09. The van der Waals surface area contributed by atoms with Crippen LogP contribution < -0.4 is 0 Å². The second-order valence-electron chi connectivity index (χ2n) is 5.50. The molecule has 21 heavy (non-hydrogen) atoms. The molecule has 0 spiro atoms. The Morgan fingerprint density at radius 2 is 2.24 bits per heavy atom. The Morgan fingerprint density at radius 1 is 1.52 bits per heavy atom. The summed E-state index contributed by atoms with van der Waals surface area (Å²) in [4.78, 5) is 18.1. The number of nitrogens with zero attached hydrogens (tertiary/aromatic N) is 2. The molecule has 2 saturated heterocycles. The third-order valence-electron chi connectivity index (χ3n) is 3.98. The van der Waals surface area contributed by atoms with Gasteiger partial charge in [-0.15, -0.1) is 0 Å². The average Bonchev–Trinajstić information content (AvgIpc) is 3.09. The third-order valence-corrected chi connectivity index (χ3v) is 5.18. The average molecular weight is 316 g/mol. The first kappa shape index (κ1) is 15.1. The number of carbonyl (C=O) groups excluding carboxylic acids is 1. The zero-order valence-electron chi connectivity index (χ0n) is 11.8. The lowest BCUT2D eigenvalue weighted by Gasteiger charge is -2.39. The Balaban J connectivity index is 1.80. The number of amidine groups is 1. The lowest BCUT2D eigenvalue weighted by molar-refractivity contribution is -0.189. The maximum Gasteiger partial charge on any atom is 0.303 e. The summed E-state index contributed by atoms with van der Waals surface area (Å²) in [5, 5.41) is 20.4. The zero-order valence-corrected chi connectivity index (χ0v) is 12.7. The number of hydrogen-bond donors (Lipinski definition) is 2. The number of aliphatic hydroxyl groups excluding tert-OH is 2. The number of carbonyl (C=O) groups is 1. The molecule has 5 atom stereocenters. The highest BCUT2D eigenvalue weighted by molar-refractivity contribution is 8.14. The molecular formula is C13H20N2O5S. The molecule has 7 nitrogen and oxygen atoms in total. The predicted octanol–water partition coefficient (Wildman–Crippen LogP) is -0.437. The molecule has 0 saturated carbocycles. The van der Waals surface area contributed by atoms with Gasteiger partial charge in [-0.05, 0) is 12.8 Å². The first-order chi connectivity index (χ1) is 10.1. The molecule has 3 aliphatic rings. The van der Waals surface area contributed by atoms with Crippen LogP contribution in [0.15, 0.2) is 4.99 Å². The van der Waals surface area contributed by atoms with Crippen LogP contribution in [0.3, 0.4) is 0 Å². The summed E-state index contributed by atoms with van der Waals surface area (Å²) in [5.41, 5.74) is -0.328. The number of aliphatic imine (C=N–C) groups is 1. The van der Waals surface area contributed by atoms with E-state index in [2.05, 4.69) is 9.89 Å². The molecule has 0 radical (unpaired) electrons. The summed E-state index contributed by atoms with van der Waals surface area (Å²) in [6, 6.07) is -0.424. The lowest BCUT2D eigenvalue weighted by atomic mass is 9.98. The smallest absolute Gasteiger partial charge is 0.303 e. The minimum Gasteiger partial charge on any atom is -0.457 e. The summed E-state index contributed by atoms with van der Waals surface area (Å²) in [6.45, 7) is 2.92. The van der Waals surface area contributed by atoms with Gasteiger partial charge >= 0.3 is 5.97 Å². The quantitative estimate of drug-likeness (QED) is 0.668. The molecule has 2 N–H and O–H groups in total. The fraction of sp³-hybridized carbons (Fsp3) is 0.846. The molecule has 118 valence electrons. The van der Waals surface area contributed by atoms with Crippen molar-refractivity contribution in [3.63, 3.8) is 0 Å². The number of ether oxygens (including phenoxy) is 2. The van der Waals surface area contributed by atoms with Crippen LogP contribution in [0.25, 0.3) is 0 Å². The fourth-order valence-electron chi connectivity index (χ4n) is 2.94. The predicted molar refractivity (Wildman–Crippen MR) is 76.9 cm³/mol. The molecule has 3 rings (SSSR count). The van der Waals surface area contributed by atoms with Gasteiger partial charge in [-0.25, -0.2) is 0 Å². The van der Waals surface area contributed by atoms with Crippen LogP contribution in [-0.2, 0) is 14.3 Å². The Labute approximate surface area is 127 Å². The van der Waals surface area contributed by atoms with Gasteiger partial charge in [0.05, 0.1) is 6.61 Å². The molecule has 2 fully saturated rings. The normalized spacial score (nSPS) is 39.1. The van der Waals surface area contributed by atoms with Gasteiger partial charge in [0.1, 0.15) is 23.7 Å². The molecule has 0 amide bonds. The third kappa shape index (κ3) is 2.90. The summed E-state index contributed by atoms with van der Waals surface area (Å²) in [6.07, 6.45) is -0.305. The number of rotatable bonds is 2. The van der Waals surface area contributed by atoms with Crippen molar-refractivity contribution in [2.75, 3.05) is 19.7 Å². The van der Waals surface area contributed by atoms with Crippen molar-refractivity contribution >= 4 is 22.9 Å². The molecule has 8 heteroatoms. The van der Waals surface area contributed by atoms with Crippen LogP contribution in [0, 0.1) is 0 Å². The van der Waals surface area contributed by atoms with E-state index < -0.39 is 30.3 Å². The van der Waals surface area contributed by atoms with Crippen molar-refractivity contribution in [3.05, 3.63) is 0 Å². The zero-order chi connectivity index (χ0) is 15.0. The van der Waals surface area contributed by atoms with Crippen molar-refractivity contribution in [2.45, 2.75) is 49.6 Å². The summed E-state index contributed by atoms with van der Waals surface area (Å²) in [7, 11) is 0. The number of likely N-dealkylation sites (tertiary alicyclic amines) is 1. The SMILES string of the molecule is CC(=O)O[C@H]1[C@H](O)[C@@H](CO)O[C@@H]2SC(N3CCCC3)=N[C@H]12. The number of aliphatic hydroxyl groups is 2. The Kier molecular flexibility index (Phi) is 4.39. The maximum absolute atomic E-state index is 11.3. The van der Waals surface area contributed by atoms with Crippen LogP contribution >= 0.6 is 11.8 Å². The number of esters is 1. The van der Waals surface area contributed by atoms with E-state index in [1.54, 1.807) is 0 Å². The van der Waals surface area contributed by atoms with Crippen LogP contribution in [-0.4, -0.2) is 75.7 Å². The van der Waals surface area contributed by atoms with Crippen molar-refractivity contribution < 1.29 is 24.5 Å². The van der Waals surface area contributed by atoms with E-state index in [0.29, 0.717) is 0 Å². The second kappa shape index (κ2) is 6.12. The second-order valence-corrected chi connectivity index (χ2v) is 6.57. The standard InChI is InChI=1S/C13H20N2O5S/c1-7(17)19-11-9-12(20-8(6-16)10(11)18)21-13(14-9)15-4-2-3-5-15/h8-12,16,18H,2-6H2,1H3/t8-,9-,10-,11-,12-/m1/s1. The summed E-state index contributed by atoms with van der Waals surface area (Å²) in [5.74, 6) is -0.466. The first-order valence-electron chi connectivity index (χ1n) is 7.21. The Hall–Kier alpha value is -0.830. The maximum atomic E-state index is 11.3. The van der Waals surface area contributed by atoms with Gasteiger partial charge in [-0.3, -0.25) is 9.79 Å². The molecule has 0 unspecified atom stereocenters. The van der Waals surface area contributed by atoms with E-state index in [1.807, 2.05) is 0 Å². The van der Waals surface area contributed by atoms with Crippen LogP contribution in [0.2, 0.25) is 0 Å². The minimum atomic E-state index is -1.07. The highest BCUT2D eigenvalue weighted by Gasteiger charge is 2.51. The van der Waals surface area contributed by atoms with Crippen LogP contribution in [0.1, 0.15) is 19.8 Å². The summed E-state index contributed by atoms with van der Waals surface area (Å²) >= 11 is 1.48. The van der Waals surface area contributed by atoms with Gasteiger partial charge in [0.25, 0.3) is 0 Å². The van der Waals surface area contributed by atoms with Gasteiger partial charge in [-0.2, -0.15) is 0 Å². The van der Waals surface area contributed by atoms with Crippen LogP contribution in [0.4, 0.5) is 0 Å². The highest BCUT2D eigenvalue weighted by Crippen LogP contribution is 2.39. The van der Waals surface area contributed by atoms with E-state index in [-0.39, 0.29) is 12.0 Å². The number of fused-ring (bicyclic) bond motifs is 1. The summed E-state index contributed by atoms with van der Waals surface area (Å²) < 4.78 is 10.9. The fourth-order valence-corrected chi connectivity index (χ4v) is 4.22. The van der Waals surface area contributed by atoms with Gasteiger partial charge in [0.15, 0.2) is 11.3 Å². The molecule has 3 aliphatic heterocycles. The molecular weight excluding hydrogens is 296 g/mol. The van der Waals surface area contributed by atoms with Crippen molar-refractivity contribution in [3.8, 4) is 0 Å². The Bertz CT molecular complexity index is 440. The van der Waals surface area contributed by atoms with E-state index in [4.69, 9.17) is 9.47 Å². The molecule has 0 bridgehead atoms. The van der Waals surface area contributed by atoms with E-state index >= 15 is 0 Å². The van der Waals surface area contributed by atoms with Gasteiger partial charge in [0.2, 0.25) is 0 Å². The van der Waals surface area contributed by atoms with Crippen molar-refractivity contribution in [1.82, 2.24) is 4.90 Å². The van der Waals surface area contributed by atoms with E-state index in [0.717, 1.165) is 31.1 Å². The lowest BCUT2D eigenvalue weighted by Crippen LogP contribution is -2.57. The van der Waals surface area contributed by atoms with Crippen molar-refractivity contribution in [1.29, 1.82) is 0 Å². The van der Waals surface area contributed by atoms with Crippen LogP contribution in [0.5, 0.6) is 0 Å². The van der Waals surface area contributed by atoms with E-state index in [1.165, 1.54) is 18.7 Å². The Morgan fingerprint density at radius 3 is 2.86 bits per heavy atom. The largest absolute Gasteiger partial charge is 0.457 e. The minimum absolute atomic E-state index is 0.318. The molecule has 0 aromatic heterocycles. The number of hydrogen-bond acceptors (Lipinski definition) is 8. The number of thioether (sulfide) groups is 1. The van der Waals surface area contributed by atoms with Gasteiger partial charge in [-0.1, -0.05) is 11.8 Å². The van der Waals surface area contributed by atoms with Gasteiger partial charge in [0, 0.05) is 20.0 Å². The van der Waals surface area contributed by atoms with Gasteiger partial charge < -0.3 is 24.6 Å². The highest BCUT2D eigenvalue weighted by atomic mass is 32.2. The molecule has 0 aromatic rings. The monoisotopic (exact) mass is 316 g/mol. The molecule has 0 aliphatic carbocycles. The topological polar surface area (TPSA) is 91.6 Å². The molecule has 0 aromatic carbocycles.